The number of benzene rings is 1. The van der Waals surface area contributed by atoms with E-state index in [1.165, 1.54) is 32.3 Å². The lowest BCUT2D eigenvalue weighted by atomic mass is 10.1. The molecule has 0 aliphatic carbocycles. The van der Waals surface area contributed by atoms with Gasteiger partial charge in [-0.2, -0.15) is 0 Å². The van der Waals surface area contributed by atoms with Crippen LogP contribution in [0, 0.1) is 0 Å². The minimum absolute atomic E-state index is 0.0439. The standard InChI is InChI=1S/C18H22N2O7/c1-24-9-8-20(7-6-17(21)22)18(23)14-11-16(27-19-14)13-10-12(25-2)4-5-15(13)26-3/h4-5,10-11H,6-9H2,1-3H3,(H,21,22). The van der Waals surface area contributed by atoms with Gasteiger partial charge in [0.15, 0.2) is 11.5 Å². The number of carboxylic acid groups (broad SMARTS) is 1. The first-order valence-corrected chi connectivity index (χ1v) is 8.19. The Balaban J connectivity index is 2.26. The summed E-state index contributed by atoms with van der Waals surface area (Å²) in [5, 5.41) is 12.7. The smallest absolute Gasteiger partial charge is 0.305 e. The fourth-order valence-corrected chi connectivity index (χ4v) is 2.42. The molecule has 1 heterocycles. The number of aromatic nitrogens is 1. The molecule has 2 rings (SSSR count). The van der Waals surface area contributed by atoms with Gasteiger partial charge in [-0.3, -0.25) is 9.59 Å². The zero-order valence-corrected chi connectivity index (χ0v) is 15.4. The van der Waals surface area contributed by atoms with Gasteiger partial charge >= 0.3 is 5.97 Å². The Bertz CT molecular complexity index is 788. The first-order valence-electron chi connectivity index (χ1n) is 8.19. The molecule has 1 aromatic heterocycles. The third-order valence-corrected chi connectivity index (χ3v) is 3.85. The van der Waals surface area contributed by atoms with E-state index in [2.05, 4.69) is 5.16 Å². The quantitative estimate of drug-likeness (QED) is 0.667. The maximum absolute atomic E-state index is 12.7. The fourth-order valence-electron chi connectivity index (χ4n) is 2.42. The number of amides is 1. The van der Waals surface area contributed by atoms with Crippen molar-refractivity contribution in [3.05, 3.63) is 30.0 Å². The van der Waals surface area contributed by atoms with Crippen LogP contribution in [-0.2, 0) is 9.53 Å². The molecule has 0 unspecified atom stereocenters. The number of hydrogen-bond donors (Lipinski definition) is 1. The van der Waals surface area contributed by atoms with Crippen molar-refractivity contribution in [1.29, 1.82) is 0 Å². The van der Waals surface area contributed by atoms with Crippen LogP contribution in [0.5, 0.6) is 11.5 Å². The summed E-state index contributed by atoms with van der Waals surface area (Å²) in [4.78, 5) is 24.9. The molecule has 0 saturated heterocycles. The number of carboxylic acids is 1. The van der Waals surface area contributed by atoms with Gasteiger partial charge in [0.25, 0.3) is 5.91 Å². The highest BCUT2D eigenvalue weighted by molar-refractivity contribution is 5.93. The zero-order valence-electron chi connectivity index (χ0n) is 15.4. The first-order chi connectivity index (χ1) is 13.0. The van der Waals surface area contributed by atoms with Crippen molar-refractivity contribution in [2.45, 2.75) is 6.42 Å². The Hall–Kier alpha value is -3.07. The number of rotatable bonds is 10. The van der Waals surface area contributed by atoms with Crippen LogP contribution in [0.15, 0.2) is 28.8 Å². The molecule has 0 saturated carbocycles. The molecule has 2 aromatic rings. The molecule has 1 amide bonds. The number of ether oxygens (including phenoxy) is 3. The molecule has 0 aliphatic rings. The Labute approximate surface area is 156 Å². The second-order valence-corrected chi connectivity index (χ2v) is 5.57. The minimum Gasteiger partial charge on any atom is -0.497 e. The van der Waals surface area contributed by atoms with E-state index in [0.29, 0.717) is 22.8 Å². The molecular formula is C18H22N2O7. The van der Waals surface area contributed by atoms with Crippen molar-refractivity contribution in [2.75, 3.05) is 41.0 Å². The predicted octanol–water partition coefficient (Wildman–Crippen LogP) is 1.92. The minimum atomic E-state index is -0.993. The van der Waals surface area contributed by atoms with Crippen molar-refractivity contribution >= 4 is 11.9 Å². The maximum atomic E-state index is 12.7. The van der Waals surface area contributed by atoms with E-state index in [1.807, 2.05) is 0 Å². The summed E-state index contributed by atoms with van der Waals surface area (Å²) in [6, 6.07) is 6.65. The lowest BCUT2D eigenvalue weighted by Gasteiger charge is -2.20. The largest absolute Gasteiger partial charge is 0.497 e. The lowest BCUT2D eigenvalue weighted by Crippen LogP contribution is -2.35. The van der Waals surface area contributed by atoms with E-state index in [9.17, 15) is 9.59 Å². The normalized spacial score (nSPS) is 10.5. The SMILES string of the molecule is COCCN(CCC(=O)O)C(=O)c1cc(-c2cc(OC)ccc2OC)on1. The highest BCUT2D eigenvalue weighted by atomic mass is 16.5. The monoisotopic (exact) mass is 378 g/mol. The van der Waals surface area contributed by atoms with Crippen LogP contribution in [-0.4, -0.2) is 68.1 Å². The summed E-state index contributed by atoms with van der Waals surface area (Å²) < 4.78 is 20.8. The summed E-state index contributed by atoms with van der Waals surface area (Å²) in [6.45, 7) is 0.565. The van der Waals surface area contributed by atoms with Crippen molar-refractivity contribution in [1.82, 2.24) is 10.1 Å². The van der Waals surface area contributed by atoms with Gasteiger partial charge in [0, 0.05) is 26.3 Å². The molecular weight excluding hydrogens is 356 g/mol. The topological polar surface area (TPSA) is 111 Å². The third kappa shape index (κ3) is 5.20. The summed E-state index contributed by atoms with van der Waals surface area (Å²) in [6.07, 6.45) is -0.177. The fraction of sp³-hybridized carbons (Fsp3) is 0.389. The number of nitrogens with zero attached hydrogens (tertiary/aromatic N) is 2. The molecule has 0 spiro atoms. The van der Waals surface area contributed by atoms with Gasteiger partial charge < -0.3 is 28.7 Å². The predicted molar refractivity (Wildman–Crippen MR) is 95.1 cm³/mol. The van der Waals surface area contributed by atoms with Crippen LogP contribution in [0.4, 0.5) is 0 Å². The van der Waals surface area contributed by atoms with Gasteiger partial charge in [0.1, 0.15) is 11.5 Å². The molecule has 1 aromatic carbocycles. The first kappa shape index (κ1) is 20.2. The number of hydrogen-bond acceptors (Lipinski definition) is 7. The molecule has 9 heteroatoms. The van der Waals surface area contributed by atoms with E-state index in [0.717, 1.165) is 0 Å². The van der Waals surface area contributed by atoms with Crippen LogP contribution < -0.4 is 9.47 Å². The van der Waals surface area contributed by atoms with Gasteiger partial charge in [-0.25, -0.2) is 0 Å². The Morgan fingerprint density at radius 3 is 2.56 bits per heavy atom. The van der Waals surface area contributed by atoms with E-state index in [4.69, 9.17) is 23.8 Å². The lowest BCUT2D eigenvalue weighted by molar-refractivity contribution is -0.137. The number of carbonyl (C=O) groups is 2. The number of aliphatic carboxylic acids is 1. The summed E-state index contributed by atoms with van der Waals surface area (Å²) in [7, 11) is 4.56. The van der Waals surface area contributed by atoms with Crippen molar-refractivity contribution < 1.29 is 33.4 Å². The van der Waals surface area contributed by atoms with Gasteiger partial charge in [-0.1, -0.05) is 5.16 Å². The molecule has 0 atom stereocenters. The summed E-state index contributed by atoms with van der Waals surface area (Å²) in [5.74, 6) is 0.0303. The number of carbonyl (C=O) groups excluding carboxylic acids is 1. The second kappa shape index (κ2) is 9.58. The van der Waals surface area contributed by atoms with Crippen molar-refractivity contribution in [3.8, 4) is 22.8 Å². The van der Waals surface area contributed by atoms with Crippen LogP contribution in [0.3, 0.4) is 0 Å². The molecule has 0 fully saturated rings. The van der Waals surface area contributed by atoms with Gasteiger partial charge in [-0.15, -0.1) is 0 Å². The molecule has 1 N–H and O–H groups in total. The third-order valence-electron chi connectivity index (χ3n) is 3.85. The van der Waals surface area contributed by atoms with Gasteiger partial charge in [0.2, 0.25) is 0 Å². The zero-order chi connectivity index (χ0) is 19.8. The maximum Gasteiger partial charge on any atom is 0.305 e. The molecule has 27 heavy (non-hydrogen) atoms. The molecule has 0 bridgehead atoms. The van der Waals surface area contributed by atoms with Crippen LogP contribution in [0.2, 0.25) is 0 Å². The molecule has 9 nitrogen and oxygen atoms in total. The Morgan fingerprint density at radius 1 is 1.15 bits per heavy atom. The number of methoxy groups -OCH3 is 3. The van der Waals surface area contributed by atoms with Crippen LogP contribution >= 0.6 is 0 Å². The van der Waals surface area contributed by atoms with Crippen molar-refractivity contribution in [3.63, 3.8) is 0 Å². The summed E-state index contributed by atoms with van der Waals surface area (Å²) >= 11 is 0. The van der Waals surface area contributed by atoms with E-state index >= 15 is 0 Å². The highest BCUT2D eigenvalue weighted by Gasteiger charge is 2.22. The Morgan fingerprint density at radius 2 is 1.93 bits per heavy atom. The van der Waals surface area contributed by atoms with Gasteiger partial charge in [-0.05, 0) is 18.2 Å². The van der Waals surface area contributed by atoms with E-state index in [-0.39, 0.29) is 31.8 Å². The highest BCUT2D eigenvalue weighted by Crippen LogP contribution is 2.33. The van der Waals surface area contributed by atoms with E-state index < -0.39 is 11.9 Å². The van der Waals surface area contributed by atoms with Crippen LogP contribution in [0.25, 0.3) is 11.3 Å². The second-order valence-electron chi connectivity index (χ2n) is 5.57. The molecule has 146 valence electrons. The average Bonchev–Trinajstić information content (AvgIpc) is 3.17. The van der Waals surface area contributed by atoms with Crippen LogP contribution in [0.1, 0.15) is 16.9 Å². The average molecular weight is 378 g/mol. The molecule has 0 aliphatic heterocycles. The van der Waals surface area contributed by atoms with Gasteiger partial charge in [0.05, 0.1) is 32.8 Å². The summed E-state index contributed by atoms with van der Waals surface area (Å²) in [5.41, 5.74) is 0.647. The van der Waals surface area contributed by atoms with Crippen molar-refractivity contribution in [2.24, 2.45) is 0 Å². The Kier molecular flexibility index (Phi) is 7.18. The van der Waals surface area contributed by atoms with E-state index in [1.54, 1.807) is 18.2 Å². The molecule has 0 radical (unpaired) electrons.